The number of aliphatic carboxylic acids is 1. The maximum atomic E-state index is 13.3. The van der Waals surface area contributed by atoms with Crippen LogP contribution in [0.3, 0.4) is 0 Å². The maximum Gasteiger partial charge on any atom is 0.326 e. The molecule has 0 aromatic heterocycles. The molecular weight excluding hydrogens is 502 g/mol. The number of guanidine groups is 1. The lowest BCUT2D eigenvalue weighted by Crippen LogP contribution is -2.59. The highest BCUT2D eigenvalue weighted by atomic mass is 16.4. The Morgan fingerprint density at radius 3 is 2.08 bits per heavy atom. The Labute approximate surface area is 230 Å². The highest BCUT2D eigenvalue weighted by molar-refractivity contribution is 5.94. The van der Waals surface area contributed by atoms with Gasteiger partial charge in [-0.3, -0.25) is 19.4 Å². The van der Waals surface area contributed by atoms with Crippen molar-refractivity contribution in [1.82, 2.24) is 16.0 Å². The number of nitrogens with zero attached hydrogens (tertiary/aromatic N) is 1. The van der Waals surface area contributed by atoms with Crippen LogP contribution in [-0.4, -0.2) is 65.5 Å². The van der Waals surface area contributed by atoms with Crippen LogP contribution in [0.2, 0.25) is 0 Å². The number of hydrogen-bond acceptors (Lipinski definition) is 6. The lowest BCUT2D eigenvalue weighted by atomic mass is 9.96. The van der Waals surface area contributed by atoms with Crippen LogP contribution in [0, 0.1) is 11.8 Å². The van der Waals surface area contributed by atoms with Crippen molar-refractivity contribution in [2.75, 3.05) is 6.54 Å². The van der Waals surface area contributed by atoms with Crippen molar-refractivity contribution in [2.24, 2.45) is 34.0 Å². The summed E-state index contributed by atoms with van der Waals surface area (Å²) < 4.78 is 0. The number of carboxylic acid groups (broad SMARTS) is 1. The van der Waals surface area contributed by atoms with E-state index in [0.717, 1.165) is 5.56 Å². The van der Waals surface area contributed by atoms with Crippen molar-refractivity contribution in [1.29, 1.82) is 0 Å². The summed E-state index contributed by atoms with van der Waals surface area (Å²) in [6, 6.07) is 5.34. The Morgan fingerprint density at radius 2 is 1.54 bits per heavy atom. The summed E-state index contributed by atoms with van der Waals surface area (Å²) >= 11 is 0. The number of rotatable bonds is 17. The van der Waals surface area contributed by atoms with Gasteiger partial charge in [0, 0.05) is 6.54 Å². The van der Waals surface area contributed by atoms with Crippen LogP contribution in [-0.2, 0) is 25.6 Å². The summed E-state index contributed by atoms with van der Waals surface area (Å²) in [6.45, 7) is 7.68. The van der Waals surface area contributed by atoms with Crippen LogP contribution >= 0.6 is 0 Å². The topological polar surface area (TPSA) is 215 Å². The van der Waals surface area contributed by atoms with Gasteiger partial charge in [0.05, 0.1) is 6.04 Å². The molecule has 0 aliphatic rings. The highest BCUT2D eigenvalue weighted by Crippen LogP contribution is 2.12. The average molecular weight is 548 g/mol. The summed E-state index contributed by atoms with van der Waals surface area (Å²) in [5.74, 6) is -3.19. The van der Waals surface area contributed by atoms with Gasteiger partial charge in [-0.15, -0.1) is 0 Å². The second-order valence-electron chi connectivity index (χ2n) is 10.2. The average Bonchev–Trinajstić information content (AvgIpc) is 2.87. The molecule has 0 saturated carbocycles. The van der Waals surface area contributed by atoms with E-state index >= 15 is 0 Å². The fraction of sp³-hybridized carbons (Fsp3) is 0.593. The molecule has 0 spiro atoms. The number of nitrogens with one attached hydrogen (secondary N) is 3. The second-order valence-corrected chi connectivity index (χ2v) is 10.2. The Kier molecular flexibility index (Phi) is 14.6. The molecule has 0 aliphatic heterocycles. The van der Waals surface area contributed by atoms with Gasteiger partial charge in [0.2, 0.25) is 17.7 Å². The third-order valence-electron chi connectivity index (χ3n) is 6.33. The van der Waals surface area contributed by atoms with Crippen molar-refractivity contribution in [2.45, 2.75) is 84.0 Å². The van der Waals surface area contributed by atoms with Gasteiger partial charge in [-0.25, -0.2) is 4.79 Å². The molecular formula is C27H45N7O5. The number of carbonyl (C=O) groups is 4. The van der Waals surface area contributed by atoms with E-state index in [1.165, 1.54) is 0 Å². The molecule has 0 radical (unpaired) electrons. The molecule has 1 rings (SSSR count). The molecule has 1 aromatic carbocycles. The minimum absolute atomic E-state index is 0.0591. The first-order valence-electron chi connectivity index (χ1n) is 13.3. The van der Waals surface area contributed by atoms with E-state index < -0.39 is 47.9 Å². The minimum atomic E-state index is -1.21. The van der Waals surface area contributed by atoms with Crippen LogP contribution in [0.4, 0.5) is 0 Å². The third kappa shape index (κ3) is 12.6. The van der Waals surface area contributed by atoms with Crippen molar-refractivity contribution in [3.63, 3.8) is 0 Å². The quantitative estimate of drug-likeness (QED) is 0.0812. The summed E-state index contributed by atoms with van der Waals surface area (Å²) in [6.07, 6.45) is 1.61. The minimum Gasteiger partial charge on any atom is -0.480 e. The first kappa shape index (κ1) is 33.4. The molecule has 0 bridgehead atoms. The SMILES string of the molecule is CCC(C)C(NC(=O)C(CC(C)C)NC(=O)C(N)Cc1ccccc1)C(=O)NC(CCCN=C(N)N)C(=O)O. The highest BCUT2D eigenvalue weighted by Gasteiger charge is 2.33. The number of carbonyl (C=O) groups excluding carboxylic acids is 3. The number of hydrogen-bond donors (Lipinski definition) is 7. The van der Waals surface area contributed by atoms with Crippen molar-refractivity contribution >= 4 is 29.7 Å². The molecule has 1 aromatic rings. The van der Waals surface area contributed by atoms with Crippen LogP contribution in [0.25, 0.3) is 0 Å². The summed E-state index contributed by atoms with van der Waals surface area (Å²) in [5, 5.41) is 17.6. The number of carboxylic acids is 1. The van der Waals surface area contributed by atoms with E-state index in [-0.39, 0.29) is 30.8 Å². The number of nitrogens with two attached hydrogens (primary N) is 3. The Hall–Kier alpha value is -3.67. The Bertz CT molecular complexity index is 967. The molecule has 0 aliphatic carbocycles. The summed E-state index contributed by atoms with van der Waals surface area (Å²) in [7, 11) is 0. The number of benzene rings is 1. The van der Waals surface area contributed by atoms with E-state index in [9.17, 15) is 24.3 Å². The molecule has 5 atom stereocenters. The summed E-state index contributed by atoms with van der Waals surface area (Å²) in [5.41, 5.74) is 17.6. The van der Waals surface area contributed by atoms with Gasteiger partial charge in [0.25, 0.3) is 0 Å². The molecule has 5 unspecified atom stereocenters. The van der Waals surface area contributed by atoms with Gasteiger partial charge < -0.3 is 38.3 Å². The number of aliphatic imine (C=N–C) groups is 1. The standard InChI is InChI=1S/C27H45N7O5/c1-5-17(4)22(25(37)32-20(26(38)39)12-9-13-31-27(29)30)34-24(36)21(14-16(2)3)33-23(35)19(28)15-18-10-7-6-8-11-18/h6-8,10-11,16-17,19-22H,5,9,12-15,28H2,1-4H3,(H,32,37)(H,33,35)(H,34,36)(H,38,39)(H4,29,30,31). The first-order valence-corrected chi connectivity index (χ1v) is 13.3. The molecule has 218 valence electrons. The molecule has 12 nitrogen and oxygen atoms in total. The van der Waals surface area contributed by atoms with Gasteiger partial charge in [0.15, 0.2) is 5.96 Å². The summed E-state index contributed by atoms with van der Waals surface area (Å²) in [4.78, 5) is 54.9. The van der Waals surface area contributed by atoms with Crippen LogP contribution < -0.4 is 33.2 Å². The smallest absolute Gasteiger partial charge is 0.326 e. The predicted molar refractivity (Wildman–Crippen MR) is 150 cm³/mol. The molecule has 0 fully saturated rings. The molecule has 10 N–H and O–H groups in total. The van der Waals surface area contributed by atoms with Crippen molar-refractivity contribution in [3.05, 3.63) is 35.9 Å². The zero-order valence-corrected chi connectivity index (χ0v) is 23.4. The fourth-order valence-electron chi connectivity index (χ4n) is 3.92. The van der Waals surface area contributed by atoms with Gasteiger partial charge in [-0.2, -0.15) is 0 Å². The maximum absolute atomic E-state index is 13.3. The van der Waals surface area contributed by atoms with E-state index in [4.69, 9.17) is 17.2 Å². The fourth-order valence-corrected chi connectivity index (χ4v) is 3.92. The van der Waals surface area contributed by atoms with Crippen LogP contribution in [0.1, 0.15) is 58.9 Å². The van der Waals surface area contributed by atoms with E-state index in [1.807, 2.05) is 51.1 Å². The lowest BCUT2D eigenvalue weighted by molar-refractivity contribution is -0.143. The monoisotopic (exact) mass is 547 g/mol. The van der Waals surface area contributed by atoms with Crippen LogP contribution in [0.5, 0.6) is 0 Å². The van der Waals surface area contributed by atoms with Gasteiger partial charge in [-0.05, 0) is 43.1 Å². The molecule has 3 amide bonds. The lowest BCUT2D eigenvalue weighted by Gasteiger charge is -2.28. The third-order valence-corrected chi connectivity index (χ3v) is 6.33. The molecule has 0 saturated heterocycles. The van der Waals surface area contributed by atoms with Crippen molar-refractivity contribution < 1.29 is 24.3 Å². The second kappa shape index (κ2) is 17.0. The predicted octanol–water partition coefficient (Wildman–Crippen LogP) is 0.241. The van der Waals surface area contributed by atoms with Gasteiger partial charge in [0.1, 0.15) is 18.1 Å². The number of amides is 3. The van der Waals surface area contributed by atoms with E-state index in [0.29, 0.717) is 25.7 Å². The Morgan fingerprint density at radius 1 is 0.923 bits per heavy atom. The van der Waals surface area contributed by atoms with Crippen LogP contribution in [0.15, 0.2) is 35.3 Å². The first-order chi connectivity index (χ1) is 18.3. The van der Waals surface area contributed by atoms with E-state index in [1.54, 1.807) is 6.92 Å². The molecule has 12 heteroatoms. The van der Waals surface area contributed by atoms with E-state index in [2.05, 4.69) is 20.9 Å². The van der Waals surface area contributed by atoms with Crippen molar-refractivity contribution in [3.8, 4) is 0 Å². The largest absolute Gasteiger partial charge is 0.480 e. The zero-order chi connectivity index (χ0) is 29.5. The van der Waals surface area contributed by atoms with Gasteiger partial charge >= 0.3 is 5.97 Å². The molecule has 39 heavy (non-hydrogen) atoms. The Balaban J connectivity index is 2.95. The normalized spacial score (nSPS) is 14.8. The van der Waals surface area contributed by atoms with Gasteiger partial charge in [-0.1, -0.05) is 64.4 Å². The molecule has 0 heterocycles. The zero-order valence-electron chi connectivity index (χ0n) is 23.4.